The van der Waals surface area contributed by atoms with Crippen LogP contribution in [0.4, 0.5) is 11.4 Å². The lowest BCUT2D eigenvalue weighted by molar-refractivity contribution is -0.118. The summed E-state index contributed by atoms with van der Waals surface area (Å²) >= 11 is 0. The Hall–Kier alpha value is -2.38. The van der Waals surface area contributed by atoms with Crippen LogP contribution in [0.15, 0.2) is 47.4 Å². The Labute approximate surface area is 185 Å². The van der Waals surface area contributed by atoms with E-state index >= 15 is 0 Å². The first-order valence-corrected chi connectivity index (χ1v) is 12.7. The second-order valence-corrected chi connectivity index (χ2v) is 10.1. The van der Waals surface area contributed by atoms with Gasteiger partial charge in [-0.3, -0.25) is 4.79 Å². The van der Waals surface area contributed by atoms with E-state index in [0.29, 0.717) is 19.4 Å². The van der Waals surface area contributed by atoms with Crippen molar-refractivity contribution in [2.45, 2.75) is 56.9 Å². The number of carbonyl (C=O) groups excluding carboxylic acids is 1. The first kappa shape index (κ1) is 21.8. The van der Waals surface area contributed by atoms with E-state index in [4.69, 9.17) is 0 Å². The molecule has 2 aromatic carbocycles. The second-order valence-electron chi connectivity index (χ2n) is 8.42. The lowest BCUT2D eigenvalue weighted by atomic mass is 10.1. The normalized spacial score (nSPS) is 17.5. The molecule has 0 spiro atoms. The molecule has 2 aliphatic rings. The van der Waals surface area contributed by atoms with Crippen molar-refractivity contribution in [1.82, 2.24) is 4.72 Å². The van der Waals surface area contributed by atoms with E-state index in [1.165, 1.54) is 24.9 Å². The lowest BCUT2D eigenvalue weighted by Gasteiger charge is -2.29. The molecule has 2 aliphatic heterocycles. The molecule has 1 saturated heterocycles. The van der Waals surface area contributed by atoms with E-state index < -0.39 is 10.0 Å². The number of hydrogen-bond donors (Lipinski definition) is 1. The standard InChI is InChI=1S/C24H31N3O3S/c1-3-24(28)27-16-13-20-17-22(11-12-23(20)27)31(29,30)25-18(2)19-7-9-21(10-8-19)26-14-5-4-6-15-26/h7-12,17-18,25H,3-6,13-16H2,1-2H3/t18-/m0/s1. The summed E-state index contributed by atoms with van der Waals surface area (Å²) in [6.07, 6.45) is 4.86. The number of piperidine rings is 1. The van der Waals surface area contributed by atoms with E-state index in [2.05, 4.69) is 21.8 Å². The van der Waals surface area contributed by atoms with Gasteiger partial charge >= 0.3 is 0 Å². The summed E-state index contributed by atoms with van der Waals surface area (Å²) in [6, 6.07) is 12.9. The maximum Gasteiger partial charge on any atom is 0.241 e. The van der Waals surface area contributed by atoms with Gasteiger partial charge in [0.25, 0.3) is 0 Å². The Bertz CT molecular complexity index is 1040. The fraction of sp³-hybridized carbons (Fsp3) is 0.458. The zero-order chi connectivity index (χ0) is 22.0. The van der Waals surface area contributed by atoms with Crippen LogP contribution in [0.3, 0.4) is 0 Å². The van der Waals surface area contributed by atoms with Crippen LogP contribution in [0, 0.1) is 0 Å². The van der Waals surface area contributed by atoms with E-state index in [-0.39, 0.29) is 16.8 Å². The minimum atomic E-state index is -3.67. The molecule has 0 saturated carbocycles. The lowest BCUT2D eigenvalue weighted by Crippen LogP contribution is -2.29. The van der Waals surface area contributed by atoms with Gasteiger partial charge in [0.2, 0.25) is 15.9 Å². The van der Waals surface area contributed by atoms with Crippen molar-refractivity contribution in [2.75, 3.05) is 29.4 Å². The summed E-state index contributed by atoms with van der Waals surface area (Å²) in [6.45, 7) is 6.48. The Balaban J connectivity index is 1.47. The molecule has 1 fully saturated rings. The molecule has 0 aliphatic carbocycles. The fourth-order valence-corrected chi connectivity index (χ4v) is 5.77. The molecular weight excluding hydrogens is 410 g/mol. The molecule has 0 aromatic heterocycles. The highest BCUT2D eigenvalue weighted by Crippen LogP contribution is 2.31. The van der Waals surface area contributed by atoms with Gasteiger partial charge < -0.3 is 9.80 Å². The molecule has 31 heavy (non-hydrogen) atoms. The minimum absolute atomic E-state index is 0.0640. The van der Waals surface area contributed by atoms with Crippen LogP contribution in [-0.2, 0) is 21.2 Å². The molecular formula is C24H31N3O3S. The third-order valence-corrected chi connectivity index (χ3v) is 7.84. The molecule has 7 heteroatoms. The highest BCUT2D eigenvalue weighted by Gasteiger charge is 2.26. The molecule has 0 unspecified atom stereocenters. The van der Waals surface area contributed by atoms with Crippen molar-refractivity contribution in [3.63, 3.8) is 0 Å². The Morgan fingerprint density at radius 3 is 2.42 bits per heavy atom. The van der Waals surface area contributed by atoms with E-state index in [0.717, 1.165) is 29.9 Å². The third kappa shape index (κ3) is 4.62. The first-order valence-electron chi connectivity index (χ1n) is 11.2. The van der Waals surface area contributed by atoms with Gasteiger partial charge in [0.05, 0.1) is 4.90 Å². The van der Waals surface area contributed by atoms with E-state index in [1.54, 1.807) is 23.1 Å². The van der Waals surface area contributed by atoms with Gasteiger partial charge in [0.15, 0.2) is 0 Å². The highest BCUT2D eigenvalue weighted by molar-refractivity contribution is 7.89. The monoisotopic (exact) mass is 441 g/mol. The van der Waals surface area contributed by atoms with Gasteiger partial charge in [-0.2, -0.15) is 0 Å². The minimum Gasteiger partial charge on any atom is -0.372 e. The largest absolute Gasteiger partial charge is 0.372 e. The number of anilines is 2. The predicted molar refractivity (Wildman–Crippen MR) is 124 cm³/mol. The molecule has 6 nitrogen and oxygen atoms in total. The summed E-state index contributed by atoms with van der Waals surface area (Å²) < 4.78 is 28.8. The molecule has 2 aromatic rings. The number of fused-ring (bicyclic) bond motifs is 1. The van der Waals surface area contributed by atoms with Crippen LogP contribution in [0.25, 0.3) is 0 Å². The number of rotatable bonds is 6. The molecule has 4 rings (SSSR count). The topological polar surface area (TPSA) is 69.7 Å². The van der Waals surface area contributed by atoms with Crippen LogP contribution >= 0.6 is 0 Å². The Kier molecular flexibility index (Phi) is 6.34. The number of hydrogen-bond acceptors (Lipinski definition) is 4. The van der Waals surface area contributed by atoms with Crippen LogP contribution in [0.1, 0.15) is 56.7 Å². The summed E-state index contributed by atoms with van der Waals surface area (Å²) in [5.41, 5.74) is 3.86. The highest BCUT2D eigenvalue weighted by atomic mass is 32.2. The maximum atomic E-state index is 13.0. The van der Waals surface area contributed by atoms with E-state index in [9.17, 15) is 13.2 Å². The quantitative estimate of drug-likeness (QED) is 0.735. The van der Waals surface area contributed by atoms with Crippen LogP contribution in [0.2, 0.25) is 0 Å². The molecule has 2 heterocycles. The first-order chi connectivity index (χ1) is 14.9. The van der Waals surface area contributed by atoms with E-state index in [1.807, 2.05) is 26.0 Å². The number of amides is 1. The van der Waals surface area contributed by atoms with Gasteiger partial charge in [0.1, 0.15) is 0 Å². The molecule has 0 radical (unpaired) electrons. The number of nitrogens with zero attached hydrogens (tertiary/aromatic N) is 2. The van der Waals surface area contributed by atoms with Crippen molar-refractivity contribution < 1.29 is 13.2 Å². The number of carbonyl (C=O) groups is 1. The van der Waals surface area contributed by atoms with Crippen molar-refractivity contribution in [3.8, 4) is 0 Å². The Morgan fingerprint density at radius 2 is 1.74 bits per heavy atom. The van der Waals surface area contributed by atoms with Crippen molar-refractivity contribution in [2.24, 2.45) is 0 Å². The van der Waals surface area contributed by atoms with Gasteiger partial charge in [-0.1, -0.05) is 19.1 Å². The second kappa shape index (κ2) is 9.01. The zero-order valence-electron chi connectivity index (χ0n) is 18.3. The summed E-state index contributed by atoms with van der Waals surface area (Å²) in [4.78, 5) is 16.5. The van der Waals surface area contributed by atoms with Gasteiger partial charge in [-0.15, -0.1) is 0 Å². The van der Waals surface area contributed by atoms with Crippen molar-refractivity contribution in [1.29, 1.82) is 0 Å². The zero-order valence-corrected chi connectivity index (χ0v) is 19.1. The molecule has 0 bridgehead atoms. The summed E-state index contributed by atoms with van der Waals surface area (Å²) in [5.74, 6) is 0.0640. The average Bonchev–Trinajstić information content (AvgIpc) is 3.22. The van der Waals surface area contributed by atoms with Crippen molar-refractivity contribution in [3.05, 3.63) is 53.6 Å². The number of sulfonamides is 1. The maximum absolute atomic E-state index is 13.0. The Morgan fingerprint density at radius 1 is 1.03 bits per heavy atom. The SMILES string of the molecule is CCC(=O)N1CCc2cc(S(=O)(=O)N[C@@H](C)c3ccc(N4CCCCC4)cc3)ccc21. The van der Waals surface area contributed by atoms with Crippen LogP contribution in [0.5, 0.6) is 0 Å². The van der Waals surface area contributed by atoms with Gasteiger partial charge in [-0.05, 0) is 74.1 Å². The number of benzene rings is 2. The molecule has 1 N–H and O–H groups in total. The molecule has 1 amide bonds. The number of nitrogens with one attached hydrogen (secondary N) is 1. The molecule has 166 valence electrons. The van der Waals surface area contributed by atoms with Gasteiger partial charge in [-0.25, -0.2) is 13.1 Å². The van der Waals surface area contributed by atoms with Crippen LogP contribution in [-0.4, -0.2) is 34.0 Å². The smallest absolute Gasteiger partial charge is 0.241 e. The van der Waals surface area contributed by atoms with Crippen LogP contribution < -0.4 is 14.5 Å². The third-order valence-electron chi connectivity index (χ3n) is 6.31. The fourth-order valence-electron chi connectivity index (χ4n) is 4.49. The summed E-state index contributed by atoms with van der Waals surface area (Å²) in [5, 5.41) is 0. The average molecular weight is 442 g/mol. The molecule has 1 atom stereocenters. The van der Waals surface area contributed by atoms with Crippen molar-refractivity contribution >= 4 is 27.3 Å². The summed E-state index contributed by atoms with van der Waals surface area (Å²) in [7, 11) is -3.67. The van der Waals surface area contributed by atoms with Gasteiger partial charge in [0, 0.05) is 43.5 Å². The predicted octanol–water partition coefficient (Wildman–Crippen LogP) is 4.02.